The SMILES string of the molecule is COc1ccc(OC)c(NC(=O)C2CCN(C(=O)Cc3cccs3)CC2)c1. The summed E-state index contributed by atoms with van der Waals surface area (Å²) in [4.78, 5) is 28.0. The van der Waals surface area contributed by atoms with Crippen molar-refractivity contribution in [1.29, 1.82) is 0 Å². The Bertz CT molecular complexity index is 783. The van der Waals surface area contributed by atoms with E-state index < -0.39 is 0 Å². The van der Waals surface area contributed by atoms with Gasteiger partial charge in [-0.3, -0.25) is 9.59 Å². The van der Waals surface area contributed by atoms with E-state index >= 15 is 0 Å². The molecule has 6 nitrogen and oxygen atoms in total. The van der Waals surface area contributed by atoms with Crippen molar-refractivity contribution >= 4 is 28.8 Å². The van der Waals surface area contributed by atoms with Crippen molar-refractivity contribution in [1.82, 2.24) is 4.90 Å². The number of ether oxygens (including phenoxy) is 2. The van der Waals surface area contributed by atoms with Gasteiger partial charge < -0.3 is 19.7 Å². The molecule has 1 N–H and O–H groups in total. The van der Waals surface area contributed by atoms with Crippen LogP contribution in [0.1, 0.15) is 17.7 Å². The Morgan fingerprint density at radius 2 is 1.96 bits per heavy atom. The van der Waals surface area contributed by atoms with Crippen molar-refractivity contribution in [3.8, 4) is 11.5 Å². The number of carbonyl (C=O) groups is 2. The molecule has 3 rings (SSSR count). The number of nitrogens with one attached hydrogen (secondary N) is 1. The van der Waals surface area contributed by atoms with Crippen molar-refractivity contribution < 1.29 is 19.1 Å². The highest BCUT2D eigenvalue weighted by molar-refractivity contribution is 7.10. The molecule has 0 aliphatic carbocycles. The predicted octanol–water partition coefficient (Wildman–Crippen LogP) is 3.19. The van der Waals surface area contributed by atoms with E-state index in [1.807, 2.05) is 22.4 Å². The van der Waals surface area contributed by atoms with Gasteiger partial charge in [0.1, 0.15) is 11.5 Å². The van der Waals surface area contributed by atoms with Gasteiger partial charge >= 0.3 is 0 Å². The first-order valence-corrected chi connectivity index (χ1v) is 9.81. The molecule has 0 unspecified atom stereocenters. The van der Waals surface area contributed by atoms with Crippen LogP contribution in [0, 0.1) is 5.92 Å². The van der Waals surface area contributed by atoms with Gasteiger partial charge in [0.05, 0.1) is 26.3 Å². The minimum atomic E-state index is -0.119. The molecular weight excluding hydrogens is 364 g/mol. The van der Waals surface area contributed by atoms with Gasteiger partial charge in [0.2, 0.25) is 11.8 Å². The zero-order chi connectivity index (χ0) is 19.2. The molecule has 0 atom stereocenters. The third-order valence-corrected chi connectivity index (χ3v) is 5.66. The number of carbonyl (C=O) groups excluding carboxylic acids is 2. The number of thiophene rings is 1. The summed E-state index contributed by atoms with van der Waals surface area (Å²) in [5, 5.41) is 4.92. The number of hydrogen-bond acceptors (Lipinski definition) is 5. The molecule has 144 valence electrons. The third-order valence-electron chi connectivity index (χ3n) is 4.79. The van der Waals surface area contributed by atoms with E-state index in [9.17, 15) is 9.59 Å². The van der Waals surface area contributed by atoms with E-state index in [1.54, 1.807) is 43.8 Å². The first-order valence-electron chi connectivity index (χ1n) is 8.93. The Morgan fingerprint density at radius 1 is 1.19 bits per heavy atom. The molecule has 27 heavy (non-hydrogen) atoms. The van der Waals surface area contributed by atoms with Crippen molar-refractivity contribution in [3.63, 3.8) is 0 Å². The molecule has 0 radical (unpaired) electrons. The molecule has 2 heterocycles. The lowest BCUT2D eigenvalue weighted by molar-refractivity contribution is -0.133. The molecule has 1 aliphatic heterocycles. The smallest absolute Gasteiger partial charge is 0.227 e. The summed E-state index contributed by atoms with van der Waals surface area (Å²) in [5.74, 6) is 1.21. The van der Waals surface area contributed by atoms with Crippen molar-refractivity contribution in [2.24, 2.45) is 5.92 Å². The summed E-state index contributed by atoms with van der Waals surface area (Å²) < 4.78 is 10.5. The zero-order valence-electron chi connectivity index (χ0n) is 15.6. The molecule has 1 aromatic carbocycles. The number of nitrogens with zero attached hydrogens (tertiary/aromatic N) is 1. The van der Waals surface area contributed by atoms with Crippen LogP contribution in [0.15, 0.2) is 35.7 Å². The number of likely N-dealkylation sites (tertiary alicyclic amines) is 1. The van der Waals surface area contributed by atoms with Crippen molar-refractivity contribution in [3.05, 3.63) is 40.6 Å². The third kappa shape index (κ3) is 4.80. The van der Waals surface area contributed by atoms with Crippen molar-refractivity contribution in [2.45, 2.75) is 19.3 Å². The number of methoxy groups -OCH3 is 2. The molecule has 2 amide bonds. The average molecular weight is 388 g/mol. The molecule has 1 fully saturated rings. The van der Waals surface area contributed by atoms with Gasteiger partial charge in [0.25, 0.3) is 0 Å². The monoisotopic (exact) mass is 388 g/mol. The number of rotatable bonds is 6. The standard InChI is InChI=1S/C20H24N2O4S/c1-25-15-5-6-18(26-2)17(12-15)21-20(24)14-7-9-22(10-8-14)19(23)13-16-4-3-11-27-16/h3-6,11-12,14H,7-10,13H2,1-2H3,(H,21,24). The first-order chi connectivity index (χ1) is 13.1. The van der Waals surface area contributed by atoms with E-state index in [0.29, 0.717) is 49.5 Å². The first kappa shape index (κ1) is 19.2. The number of hydrogen-bond donors (Lipinski definition) is 1. The Morgan fingerprint density at radius 3 is 2.59 bits per heavy atom. The van der Waals surface area contributed by atoms with Gasteiger partial charge in [0, 0.05) is 30.0 Å². The van der Waals surface area contributed by atoms with Gasteiger partial charge in [-0.2, -0.15) is 0 Å². The van der Waals surface area contributed by atoms with Gasteiger partial charge in [-0.15, -0.1) is 11.3 Å². The molecule has 0 saturated carbocycles. The number of amides is 2. The lowest BCUT2D eigenvalue weighted by atomic mass is 9.95. The fourth-order valence-electron chi connectivity index (χ4n) is 3.21. The second-order valence-corrected chi connectivity index (χ2v) is 7.50. The molecular formula is C20H24N2O4S. The van der Waals surface area contributed by atoms with Crippen LogP contribution in [0.5, 0.6) is 11.5 Å². The number of piperidine rings is 1. The van der Waals surface area contributed by atoms with E-state index in [4.69, 9.17) is 9.47 Å². The molecule has 1 aromatic heterocycles. The van der Waals surface area contributed by atoms with Crippen LogP contribution < -0.4 is 14.8 Å². The topological polar surface area (TPSA) is 67.9 Å². The molecule has 1 aliphatic rings. The largest absolute Gasteiger partial charge is 0.497 e. The van der Waals surface area contributed by atoms with Crippen molar-refractivity contribution in [2.75, 3.05) is 32.6 Å². The van der Waals surface area contributed by atoms with Gasteiger partial charge in [-0.25, -0.2) is 0 Å². The Hall–Kier alpha value is -2.54. The Kier molecular flexibility index (Phi) is 6.34. The van der Waals surface area contributed by atoms with Crippen LogP contribution >= 0.6 is 11.3 Å². The van der Waals surface area contributed by atoms with Crippen LogP contribution in [0.3, 0.4) is 0 Å². The molecule has 0 bridgehead atoms. The fourth-order valence-corrected chi connectivity index (χ4v) is 3.91. The minimum Gasteiger partial charge on any atom is -0.497 e. The molecule has 1 saturated heterocycles. The summed E-state index contributed by atoms with van der Waals surface area (Å²) in [6, 6.07) is 9.23. The van der Waals surface area contributed by atoms with Crippen LogP contribution in [-0.2, 0) is 16.0 Å². The summed E-state index contributed by atoms with van der Waals surface area (Å²) in [5.41, 5.74) is 0.595. The van der Waals surface area contributed by atoms with Crippen LogP contribution in [0.4, 0.5) is 5.69 Å². The van der Waals surface area contributed by atoms with E-state index in [1.165, 1.54) is 0 Å². The molecule has 0 spiro atoms. The van der Waals surface area contributed by atoms with Crippen LogP contribution in [0.2, 0.25) is 0 Å². The number of anilines is 1. The quantitative estimate of drug-likeness (QED) is 0.825. The second kappa shape index (κ2) is 8.90. The highest BCUT2D eigenvalue weighted by Crippen LogP contribution is 2.30. The van der Waals surface area contributed by atoms with Gasteiger partial charge in [0.15, 0.2) is 0 Å². The maximum absolute atomic E-state index is 12.7. The van der Waals surface area contributed by atoms with Gasteiger partial charge in [-0.1, -0.05) is 6.07 Å². The van der Waals surface area contributed by atoms with Gasteiger partial charge in [-0.05, 0) is 36.4 Å². The molecule has 7 heteroatoms. The fraction of sp³-hybridized carbons (Fsp3) is 0.400. The lowest BCUT2D eigenvalue weighted by Gasteiger charge is -2.31. The number of benzene rings is 1. The average Bonchev–Trinajstić information content (AvgIpc) is 3.21. The Labute approximate surface area is 163 Å². The minimum absolute atomic E-state index is 0.0492. The summed E-state index contributed by atoms with van der Waals surface area (Å²) in [7, 11) is 3.14. The second-order valence-electron chi connectivity index (χ2n) is 6.47. The summed E-state index contributed by atoms with van der Waals surface area (Å²) >= 11 is 1.59. The normalized spacial score (nSPS) is 14.7. The maximum Gasteiger partial charge on any atom is 0.227 e. The van der Waals surface area contributed by atoms with Crippen LogP contribution in [-0.4, -0.2) is 44.0 Å². The van der Waals surface area contributed by atoms with E-state index in [0.717, 1.165) is 4.88 Å². The van der Waals surface area contributed by atoms with E-state index in [-0.39, 0.29) is 17.7 Å². The van der Waals surface area contributed by atoms with E-state index in [2.05, 4.69) is 5.32 Å². The summed E-state index contributed by atoms with van der Waals surface area (Å²) in [6.07, 6.45) is 1.76. The zero-order valence-corrected chi connectivity index (χ0v) is 16.4. The Balaban J connectivity index is 1.55. The molecule has 2 aromatic rings. The highest BCUT2D eigenvalue weighted by Gasteiger charge is 2.28. The summed E-state index contributed by atoms with van der Waals surface area (Å²) in [6.45, 7) is 1.22. The van der Waals surface area contributed by atoms with Crippen LogP contribution in [0.25, 0.3) is 0 Å². The maximum atomic E-state index is 12.7. The predicted molar refractivity (Wildman–Crippen MR) is 106 cm³/mol. The highest BCUT2D eigenvalue weighted by atomic mass is 32.1. The lowest BCUT2D eigenvalue weighted by Crippen LogP contribution is -2.42.